The first-order valence-corrected chi connectivity index (χ1v) is 8.34. The molecule has 1 aromatic carbocycles. The van der Waals surface area contributed by atoms with Gasteiger partial charge in [-0.05, 0) is 58.0 Å². The first-order chi connectivity index (χ1) is 11.5. The minimum absolute atomic E-state index is 0.0588. The maximum absolute atomic E-state index is 13.9. The number of aryl methyl sites for hydroxylation is 1. The molecule has 0 bridgehead atoms. The number of halogens is 2. The number of benzene rings is 1. The fraction of sp³-hybridized carbons (Fsp3) is 0.500. The molecule has 0 amide bonds. The summed E-state index contributed by atoms with van der Waals surface area (Å²) in [5.41, 5.74) is 0.823. The lowest BCUT2D eigenvalue weighted by Gasteiger charge is -2.27. The van der Waals surface area contributed by atoms with Gasteiger partial charge in [-0.15, -0.1) is 0 Å². The molecule has 3 rings (SSSR count). The average molecular weight is 335 g/mol. The zero-order valence-electron chi connectivity index (χ0n) is 14.1. The van der Waals surface area contributed by atoms with Crippen LogP contribution in [0.5, 0.6) is 0 Å². The molecule has 1 aromatic heterocycles. The van der Waals surface area contributed by atoms with E-state index in [2.05, 4.69) is 15.2 Å². The fourth-order valence-corrected chi connectivity index (χ4v) is 3.20. The maximum Gasteiger partial charge on any atom is 0.229 e. The topological polar surface area (TPSA) is 41.3 Å². The number of rotatable bonds is 5. The van der Waals surface area contributed by atoms with Gasteiger partial charge in [0.05, 0.1) is 11.3 Å². The summed E-state index contributed by atoms with van der Waals surface area (Å²) in [5, 5.41) is 3.41. The van der Waals surface area contributed by atoms with Crippen molar-refractivity contribution in [2.45, 2.75) is 26.3 Å². The molecule has 1 atom stereocenters. The van der Waals surface area contributed by atoms with Gasteiger partial charge in [-0.2, -0.15) is 0 Å². The van der Waals surface area contributed by atoms with Crippen LogP contribution in [-0.2, 0) is 6.54 Å². The predicted molar refractivity (Wildman–Crippen MR) is 88.5 cm³/mol. The van der Waals surface area contributed by atoms with Crippen molar-refractivity contribution in [3.05, 3.63) is 41.3 Å². The van der Waals surface area contributed by atoms with Crippen molar-refractivity contribution in [1.29, 1.82) is 0 Å². The van der Waals surface area contributed by atoms with Crippen LogP contribution in [0.1, 0.15) is 24.3 Å². The summed E-state index contributed by atoms with van der Waals surface area (Å²) in [4.78, 5) is 6.59. The number of nitrogens with one attached hydrogen (secondary N) is 1. The van der Waals surface area contributed by atoms with Crippen LogP contribution in [0.3, 0.4) is 0 Å². The highest BCUT2D eigenvalue weighted by atomic mass is 19.2. The third-order valence-electron chi connectivity index (χ3n) is 4.46. The molecule has 0 saturated carbocycles. The Morgan fingerprint density at radius 3 is 2.96 bits per heavy atom. The van der Waals surface area contributed by atoms with Gasteiger partial charge >= 0.3 is 0 Å². The molecule has 0 spiro atoms. The summed E-state index contributed by atoms with van der Waals surface area (Å²) in [6, 6.07) is 4.02. The Morgan fingerprint density at radius 2 is 2.21 bits per heavy atom. The van der Waals surface area contributed by atoms with Crippen LogP contribution >= 0.6 is 0 Å². The molecule has 6 heteroatoms. The fourth-order valence-electron chi connectivity index (χ4n) is 3.20. The van der Waals surface area contributed by atoms with Gasteiger partial charge in [-0.1, -0.05) is 6.07 Å². The summed E-state index contributed by atoms with van der Waals surface area (Å²) in [6.45, 7) is 5.55. The molecule has 1 fully saturated rings. The van der Waals surface area contributed by atoms with E-state index in [0.29, 0.717) is 18.2 Å². The Morgan fingerprint density at radius 1 is 1.38 bits per heavy atom. The summed E-state index contributed by atoms with van der Waals surface area (Å²) >= 11 is 0. The summed E-state index contributed by atoms with van der Waals surface area (Å²) in [7, 11) is 2.05. The van der Waals surface area contributed by atoms with E-state index in [1.807, 2.05) is 7.05 Å². The molecular formula is C18H23F2N3O. The highest BCUT2D eigenvalue weighted by Gasteiger charge is 2.20. The van der Waals surface area contributed by atoms with Gasteiger partial charge in [0, 0.05) is 13.1 Å². The van der Waals surface area contributed by atoms with Gasteiger partial charge in [-0.3, -0.25) is 0 Å². The van der Waals surface area contributed by atoms with Crippen LogP contribution in [0.25, 0.3) is 11.5 Å². The molecule has 2 aromatic rings. The standard InChI is InChI=1S/C18H23F2N3O/c1-12-16(11-23(2)10-13-5-4-8-21-9-13)22-18(24-12)14-6-3-7-15(19)17(14)20/h3,6-7,13,21H,4-5,8-11H2,1-2H3. The van der Waals surface area contributed by atoms with Crippen LogP contribution in [0.4, 0.5) is 8.78 Å². The van der Waals surface area contributed by atoms with Gasteiger partial charge < -0.3 is 14.6 Å². The molecule has 1 unspecified atom stereocenters. The lowest BCUT2D eigenvalue weighted by Crippen LogP contribution is -2.36. The lowest BCUT2D eigenvalue weighted by atomic mass is 9.99. The minimum Gasteiger partial charge on any atom is -0.441 e. The predicted octanol–water partition coefficient (Wildman–Crippen LogP) is 3.36. The quantitative estimate of drug-likeness (QED) is 0.910. The van der Waals surface area contributed by atoms with Crippen LogP contribution < -0.4 is 5.32 Å². The zero-order chi connectivity index (χ0) is 17.1. The molecule has 24 heavy (non-hydrogen) atoms. The van der Waals surface area contributed by atoms with Crippen molar-refractivity contribution in [2.75, 3.05) is 26.7 Å². The molecular weight excluding hydrogens is 312 g/mol. The smallest absolute Gasteiger partial charge is 0.229 e. The van der Waals surface area contributed by atoms with E-state index in [0.717, 1.165) is 31.4 Å². The van der Waals surface area contributed by atoms with Gasteiger partial charge in [-0.25, -0.2) is 13.8 Å². The van der Waals surface area contributed by atoms with Crippen LogP contribution in [-0.4, -0.2) is 36.6 Å². The van der Waals surface area contributed by atoms with E-state index < -0.39 is 11.6 Å². The van der Waals surface area contributed by atoms with Crippen LogP contribution in [0.15, 0.2) is 22.6 Å². The Balaban J connectivity index is 1.70. The van der Waals surface area contributed by atoms with E-state index in [1.165, 1.54) is 25.0 Å². The van der Waals surface area contributed by atoms with Crippen molar-refractivity contribution in [1.82, 2.24) is 15.2 Å². The van der Waals surface area contributed by atoms with Gasteiger partial charge in [0.15, 0.2) is 11.6 Å². The SMILES string of the molecule is Cc1oc(-c2cccc(F)c2F)nc1CN(C)CC1CCCNC1. The summed E-state index contributed by atoms with van der Waals surface area (Å²) < 4.78 is 32.9. The number of hydrogen-bond acceptors (Lipinski definition) is 4. The highest BCUT2D eigenvalue weighted by molar-refractivity contribution is 5.54. The van der Waals surface area contributed by atoms with Gasteiger partial charge in [0.2, 0.25) is 5.89 Å². The number of nitrogens with zero attached hydrogens (tertiary/aromatic N) is 2. The lowest BCUT2D eigenvalue weighted by molar-refractivity contribution is 0.235. The van der Waals surface area contributed by atoms with Crippen LogP contribution in [0, 0.1) is 24.5 Å². The van der Waals surface area contributed by atoms with E-state index in [4.69, 9.17) is 4.42 Å². The maximum atomic E-state index is 13.9. The molecule has 130 valence electrons. The number of piperidine rings is 1. The number of oxazole rings is 1. The van der Waals surface area contributed by atoms with Crippen molar-refractivity contribution in [3.8, 4) is 11.5 Å². The Labute approximate surface area is 140 Å². The second-order valence-corrected chi connectivity index (χ2v) is 6.53. The first-order valence-electron chi connectivity index (χ1n) is 8.34. The normalized spacial score (nSPS) is 18.3. The van der Waals surface area contributed by atoms with Crippen molar-refractivity contribution in [3.63, 3.8) is 0 Å². The molecule has 0 aliphatic carbocycles. The van der Waals surface area contributed by atoms with E-state index in [-0.39, 0.29) is 11.5 Å². The van der Waals surface area contributed by atoms with Gasteiger partial charge in [0.25, 0.3) is 0 Å². The molecule has 2 heterocycles. The minimum atomic E-state index is -0.924. The summed E-state index contributed by atoms with van der Waals surface area (Å²) in [6.07, 6.45) is 2.44. The van der Waals surface area contributed by atoms with E-state index in [9.17, 15) is 8.78 Å². The zero-order valence-corrected chi connectivity index (χ0v) is 14.1. The molecule has 1 N–H and O–H groups in total. The third kappa shape index (κ3) is 3.82. The van der Waals surface area contributed by atoms with E-state index in [1.54, 1.807) is 6.92 Å². The molecule has 0 radical (unpaired) electrons. The second-order valence-electron chi connectivity index (χ2n) is 6.53. The van der Waals surface area contributed by atoms with E-state index >= 15 is 0 Å². The second kappa shape index (κ2) is 7.40. The van der Waals surface area contributed by atoms with Crippen LogP contribution in [0.2, 0.25) is 0 Å². The molecule has 4 nitrogen and oxygen atoms in total. The third-order valence-corrected chi connectivity index (χ3v) is 4.46. The molecule has 1 aliphatic heterocycles. The monoisotopic (exact) mass is 335 g/mol. The van der Waals surface area contributed by atoms with Crippen molar-refractivity contribution >= 4 is 0 Å². The van der Waals surface area contributed by atoms with Crippen molar-refractivity contribution in [2.24, 2.45) is 5.92 Å². The number of aromatic nitrogens is 1. The first kappa shape index (κ1) is 17.0. The summed E-state index contributed by atoms with van der Waals surface area (Å²) in [5.74, 6) is -0.413. The molecule has 1 aliphatic rings. The largest absolute Gasteiger partial charge is 0.441 e. The number of hydrogen-bond donors (Lipinski definition) is 1. The molecule has 1 saturated heterocycles. The Hall–Kier alpha value is -1.79. The Kier molecular flexibility index (Phi) is 5.26. The van der Waals surface area contributed by atoms with Crippen molar-refractivity contribution < 1.29 is 13.2 Å². The highest BCUT2D eigenvalue weighted by Crippen LogP contribution is 2.26. The average Bonchev–Trinajstić information content (AvgIpc) is 2.91. The van der Waals surface area contributed by atoms with Gasteiger partial charge in [0.1, 0.15) is 5.76 Å². The Bertz CT molecular complexity index is 696.